The van der Waals surface area contributed by atoms with E-state index in [-0.39, 0.29) is 5.56 Å². The van der Waals surface area contributed by atoms with Crippen LogP contribution in [0.25, 0.3) is 0 Å². The van der Waals surface area contributed by atoms with Gasteiger partial charge in [-0.05, 0) is 24.8 Å². The summed E-state index contributed by atoms with van der Waals surface area (Å²) < 4.78 is 1.96. The number of aromatic nitrogens is 1. The maximum Gasteiger partial charge on any atom is 0.250 e. The Kier molecular flexibility index (Phi) is 3.10. The molecular formula is C16H21N3O2. The number of likely N-dealkylation sites (tertiary alicyclic amines) is 2. The number of amides is 1. The second kappa shape index (κ2) is 4.98. The molecule has 2 unspecified atom stereocenters. The Hall–Kier alpha value is -1.62. The van der Waals surface area contributed by atoms with Gasteiger partial charge in [0, 0.05) is 50.3 Å². The zero-order valence-electron chi connectivity index (χ0n) is 12.2. The Balaban J connectivity index is 1.54. The van der Waals surface area contributed by atoms with E-state index in [1.165, 1.54) is 12.1 Å². The lowest BCUT2D eigenvalue weighted by Crippen LogP contribution is -2.50. The predicted octanol–water partition coefficient (Wildman–Crippen LogP) is 0.847. The zero-order chi connectivity index (χ0) is 14.4. The van der Waals surface area contributed by atoms with Gasteiger partial charge in [0.05, 0.1) is 6.67 Å². The van der Waals surface area contributed by atoms with Crippen LogP contribution in [0.15, 0.2) is 23.0 Å². The Bertz CT molecular complexity index is 624. The van der Waals surface area contributed by atoms with Crippen molar-refractivity contribution in [3.63, 3.8) is 0 Å². The van der Waals surface area contributed by atoms with Crippen molar-refractivity contribution in [2.45, 2.75) is 31.7 Å². The summed E-state index contributed by atoms with van der Waals surface area (Å²) in [6.07, 6.45) is 2.88. The predicted molar refractivity (Wildman–Crippen MR) is 78.9 cm³/mol. The summed E-state index contributed by atoms with van der Waals surface area (Å²) in [6, 6.07) is 5.62. The number of carbonyl (C=O) groups excluding carboxylic acids is 1. The first-order valence-corrected chi connectivity index (χ1v) is 7.90. The highest BCUT2D eigenvalue weighted by Gasteiger charge is 2.35. The molecule has 5 heteroatoms. The largest absolute Gasteiger partial charge is 0.330 e. The van der Waals surface area contributed by atoms with Crippen LogP contribution >= 0.6 is 0 Å². The number of hydrogen-bond acceptors (Lipinski definition) is 3. The van der Waals surface area contributed by atoms with Crippen LogP contribution in [0.5, 0.6) is 0 Å². The number of hydrogen-bond donors (Lipinski definition) is 0. The minimum Gasteiger partial charge on any atom is -0.330 e. The fourth-order valence-corrected chi connectivity index (χ4v) is 4.21. The lowest BCUT2D eigenvalue weighted by molar-refractivity contribution is -0.130. The Morgan fingerprint density at radius 3 is 2.86 bits per heavy atom. The average molecular weight is 287 g/mol. The van der Waals surface area contributed by atoms with Crippen LogP contribution < -0.4 is 5.56 Å². The van der Waals surface area contributed by atoms with E-state index in [1.54, 1.807) is 6.07 Å². The molecular weight excluding hydrogens is 266 g/mol. The van der Waals surface area contributed by atoms with Gasteiger partial charge in [0.25, 0.3) is 5.56 Å². The molecule has 21 heavy (non-hydrogen) atoms. The topological polar surface area (TPSA) is 45.6 Å². The second-order valence-corrected chi connectivity index (χ2v) is 6.64. The maximum absolute atomic E-state index is 12.0. The fraction of sp³-hybridized carbons (Fsp3) is 0.625. The van der Waals surface area contributed by atoms with E-state index >= 15 is 0 Å². The third-order valence-corrected chi connectivity index (χ3v) is 5.10. The number of rotatable bonds is 2. The van der Waals surface area contributed by atoms with Gasteiger partial charge in [0.2, 0.25) is 5.91 Å². The van der Waals surface area contributed by atoms with Crippen molar-refractivity contribution in [2.75, 3.05) is 26.3 Å². The van der Waals surface area contributed by atoms with E-state index in [0.717, 1.165) is 39.3 Å². The van der Waals surface area contributed by atoms with Crippen LogP contribution in [0.4, 0.5) is 0 Å². The molecule has 0 aliphatic carbocycles. The lowest BCUT2D eigenvalue weighted by Gasteiger charge is -2.43. The van der Waals surface area contributed by atoms with Crippen molar-refractivity contribution in [3.8, 4) is 0 Å². The molecule has 0 aromatic carbocycles. The van der Waals surface area contributed by atoms with Gasteiger partial charge in [-0.15, -0.1) is 0 Å². The Labute approximate surface area is 124 Å². The molecule has 3 aliphatic heterocycles. The highest BCUT2D eigenvalue weighted by molar-refractivity contribution is 5.77. The summed E-state index contributed by atoms with van der Waals surface area (Å²) in [7, 11) is 0. The standard InChI is InChI=1S/C16H21N3O2/c20-15-5-2-6-18(15)11-17-8-12-7-13(10-17)14-3-1-4-16(21)19(14)9-12/h1,3-4,12-13H,2,5-11H2. The first-order valence-electron chi connectivity index (χ1n) is 7.90. The highest BCUT2D eigenvalue weighted by Crippen LogP contribution is 2.35. The fourth-order valence-electron chi connectivity index (χ4n) is 4.21. The Morgan fingerprint density at radius 2 is 2.05 bits per heavy atom. The molecule has 2 bridgehead atoms. The average Bonchev–Trinajstić information content (AvgIpc) is 2.86. The summed E-state index contributed by atoms with van der Waals surface area (Å²) in [4.78, 5) is 28.2. The first-order chi connectivity index (χ1) is 10.2. The molecule has 0 radical (unpaired) electrons. The van der Waals surface area contributed by atoms with Gasteiger partial charge in [0.15, 0.2) is 0 Å². The van der Waals surface area contributed by atoms with Gasteiger partial charge in [-0.3, -0.25) is 14.5 Å². The monoisotopic (exact) mass is 287 g/mol. The molecule has 0 N–H and O–H groups in total. The second-order valence-electron chi connectivity index (χ2n) is 6.64. The lowest BCUT2D eigenvalue weighted by atomic mass is 9.83. The third kappa shape index (κ3) is 2.29. The van der Waals surface area contributed by atoms with Crippen molar-refractivity contribution in [3.05, 3.63) is 34.2 Å². The van der Waals surface area contributed by atoms with Crippen LogP contribution in [0.3, 0.4) is 0 Å². The quantitative estimate of drug-likeness (QED) is 0.810. The van der Waals surface area contributed by atoms with Gasteiger partial charge in [-0.25, -0.2) is 0 Å². The third-order valence-electron chi connectivity index (χ3n) is 5.10. The van der Waals surface area contributed by atoms with Crippen LogP contribution in [-0.4, -0.2) is 46.6 Å². The van der Waals surface area contributed by atoms with Gasteiger partial charge >= 0.3 is 0 Å². The van der Waals surface area contributed by atoms with Crippen molar-refractivity contribution in [1.82, 2.24) is 14.4 Å². The SMILES string of the molecule is O=C1CCCN1CN1CC2CC(C1)c1cccc(=O)n1C2. The molecule has 5 nitrogen and oxygen atoms in total. The summed E-state index contributed by atoms with van der Waals surface area (Å²) >= 11 is 0. The number of fused-ring (bicyclic) bond motifs is 4. The first kappa shape index (κ1) is 13.1. The molecule has 2 saturated heterocycles. The van der Waals surface area contributed by atoms with Crippen molar-refractivity contribution in [1.29, 1.82) is 0 Å². The van der Waals surface area contributed by atoms with E-state index < -0.39 is 0 Å². The molecule has 112 valence electrons. The van der Waals surface area contributed by atoms with Crippen molar-refractivity contribution < 1.29 is 4.79 Å². The number of pyridine rings is 1. The van der Waals surface area contributed by atoms with E-state index in [0.29, 0.717) is 24.2 Å². The van der Waals surface area contributed by atoms with Gasteiger partial charge in [-0.2, -0.15) is 0 Å². The van der Waals surface area contributed by atoms with Crippen molar-refractivity contribution >= 4 is 5.91 Å². The number of piperidine rings is 1. The van der Waals surface area contributed by atoms with E-state index in [4.69, 9.17) is 0 Å². The molecule has 4 rings (SSSR count). The normalized spacial score (nSPS) is 28.8. The molecule has 2 fully saturated rings. The van der Waals surface area contributed by atoms with Crippen LogP contribution in [0.2, 0.25) is 0 Å². The summed E-state index contributed by atoms with van der Waals surface area (Å²) in [5.41, 5.74) is 1.31. The molecule has 4 heterocycles. The molecule has 1 aromatic heterocycles. The number of carbonyl (C=O) groups is 1. The van der Waals surface area contributed by atoms with Gasteiger partial charge in [-0.1, -0.05) is 6.07 Å². The maximum atomic E-state index is 12.0. The molecule has 1 aromatic rings. The minimum absolute atomic E-state index is 0.130. The summed E-state index contributed by atoms with van der Waals surface area (Å²) in [5.74, 6) is 1.26. The molecule has 0 saturated carbocycles. The van der Waals surface area contributed by atoms with E-state index in [9.17, 15) is 9.59 Å². The van der Waals surface area contributed by atoms with Gasteiger partial charge < -0.3 is 9.47 Å². The van der Waals surface area contributed by atoms with E-state index in [2.05, 4.69) is 11.0 Å². The van der Waals surface area contributed by atoms with Crippen LogP contribution in [-0.2, 0) is 11.3 Å². The minimum atomic E-state index is 0.130. The highest BCUT2D eigenvalue weighted by atomic mass is 16.2. The molecule has 0 spiro atoms. The van der Waals surface area contributed by atoms with Crippen LogP contribution in [0, 0.1) is 5.92 Å². The molecule has 1 amide bonds. The van der Waals surface area contributed by atoms with E-state index in [1.807, 2.05) is 15.5 Å². The molecule has 2 atom stereocenters. The van der Waals surface area contributed by atoms with Crippen LogP contribution in [0.1, 0.15) is 30.9 Å². The summed E-state index contributed by atoms with van der Waals surface area (Å²) in [5, 5.41) is 0. The summed E-state index contributed by atoms with van der Waals surface area (Å²) in [6.45, 7) is 4.46. The molecule has 3 aliphatic rings. The number of nitrogens with zero attached hydrogens (tertiary/aromatic N) is 3. The van der Waals surface area contributed by atoms with Gasteiger partial charge in [0.1, 0.15) is 0 Å². The zero-order valence-corrected chi connectivity index (χ0v) is 12.2. The van der Waals surface area contributed by atoms with Crippen molar-refractivity contribution in [2.24, 2.45) is 5.92 Å². The smallest absolute Gasteiger partial charge is 0.250 e. The Morgan fingerprint density at radius 1 is 1.14 bits per heavy atom.